The van der Waals surface area contributed by atoms with Gasteiger partial charge in [0.1, 0.15) is 0 Å². The van der Waals surface area contributed by atoms with Crippen LogP contribution in [0.25, 0.3) is 0 Å². The molecule has 0 aliphatic heterocycles. The number of carbonyl (C=O) groups is 2. The molecule has 1 fully saturated rings. The minimum Gasteiger partial charge on any atom is -0.290 e. The van der Waals surface area contributed by atoms with E-state index in [1.807, 2.05) is 31.2 Å². The molecule has 1 saturated carbocycles. The lowest BCUT2D eigenvalue weighted by Crippen LogP contribution is -2.44. The maximum atomic E-state index is 12.0. The number of Topliss-reactive ketones (excluding diaryl/α,β-unsaturated/α-hetero) is 2. The molecule has 3 unspecified atom stereocenters. The van der Waals surface area contributed by atoms with Crippen molar-refractivity contribution in [2.75, 3.05) is 0 Å². The van der Waals surface area contributed by atoms with Crippen LogP contribution in [-0.4, -0.2) is 11.6 Å². The molecule has 0 saturated heterocycles. The molecule has 0 heterocycles. The summed E-state index contributed by atoms with van der Waals surface area (Å²) >= 11 is 0. The van der Waals surface area contributed by atoms with Gasteiger partial charge in [0.2, 0.25) is 11.6 Å². The minimum atomic E-state index is -0.213. The Morgan fingerprint density at radius 2 is 1.76 bits per heavy atom. The van der Waals surface area contributed by atoms with E-state index in [4.69, 9.17) is 0 Å². The van der Waals surface area contributed by atoms with Gasteiger partial charge in [0.15, 0.2) is 0 Å². The highest BCUT2D eigenvalue weighted by molar-refractivity contribution is 6.41. The van der Waals surface area contributed by atoms with E-state index in [0.717, 1.165) is 12.0 Å². The standard InChI is InChI=1S/C15H14O2/c1-9-7-11-8-12(10-5-3-2-4-6-10)13(9)15(17)14(11)16/h2-7,11-13H,8H2,1H3. The first-order valence-corrected chi connectivity index (χ1v) is 6.00. The molecule has 2 bridgehead atoms. The smallest absolute Gasteiger partial charge is 0.206 e. The number of rotatable bonds is 1. The predicted molar refractivity (Wildman–Crippen MR) is 64.6 cm³/mol. The average Bonchev–Trinajstić information content (AvgIpc) is 2.35. The molecular weight excluding hydrogens is 212 g/mol. The molecule has 1 aromatic carbocycles. The average molecular weight is 226 g/mol. The second-order valence-electron chi connectivity index (χ2n) is 4.98. The van der Waals surface area contributed by atoms with Crippen molar-refractivity contribution < 1.29 is 9.59 Å². The first kappa shape index (κ1) is 10.5. The maximum absolute atomic E-state index is 12.0. The molecule has 2 heteroatoms. The molecule has 3 aliphatic carbocycles. The van der Waals surface area contributed by atoms with Gasteiger partial charge in [-0.15, -0.1) is 0 Å². The summed E-state index contributed by atoms with van der Waals surface area (Å²) in [4.78, 5) is 23.7. The zero-order valence-corrected chi connectivity index (χ0v) is 9.72. The summed E-state index contributed by atoms with van der Waals surface area (Å²) in [5.41, 5.74) is 2.25. The van der Waals surface area contributed by atoms with Gasteiger partial charge >= 0.3 is 0 Å². The molecule has 0 N–H and O–H groups in total. The fourth-order valence-corrected chi connectivity index (χ4v) is 3.15. The van der Waals surface area contributed by atoms with Crippen LogP contribution >= 0.6 is 0 Å². The van der Waals surface area contributed by atoms with E-state index in [1.165, 1.54) is 5.56 Å². The summed E-state index contributed by atoms with van der Waals surface area (Å²) in [5.74, 6) is -0.577. The summed E-state index contributed by atoms with van der Waals surface area (Å²) in [7, 11) is 0. The molecule has 0 amide bonds. The van der Waals surface area contributed by atoms with Gasteiger partial charge in [-0.2, -0.15) is 0 Å². The Balaban J connectivity index is 2.04. The van der Waals surface area contributed by atoms with Gasteiger partial charge in [0, 0.05) is 5.92 Å². The van der Waals surface area contributed by atoms with Crippen LogP contribution in [0.4, 0.5) is 0 Å². The lowest BCUT2D eigenvalue weighted by atomic mass is 9.62. The van der Waals surface area contributed by atoms with E-state index >= 15 is 0 Å². The topological polar surface area (TPSA) is 34.1 Å². The molecule has 1 aromatic rings. The molecule has 3 atom stereocenters. The third kappa shape index (κ3) is 1.47. The number of hydrogen-bond donors (Lipinski definition) is 0. The second-order valence-corrected chi connectivity index (χ2v) is 4.98. The molecule has 4 rings (SSSR count). The van der Waals surface area contributed by atoms with Gasteiger partial charge in [-0.1, -0.05) is 42.0 Å². The van der Waals surface area contributed by atoms with Gasteiger partial charge in [-0.25, -0.2) is 0 Å². The number of benzene rings is 1. The highest BCUT2D eigenvalue weighted by Crippen LogP contribution is 2.45. The van der Waals surface area contributed by atoms with Gasteiger partial charge in [-0.05, 0) is 24.8 Å². The highest BCUT2D eigenvalue weighted by atomic mass is 16.2. The number of ketones is 2. The number of hydrogen-bond acceptors (Lipinski definition) is 2. The van der Waals surface area contributed by atoms with Crippen molar-refractivity contribution in [3.63, 3.8) is 0 Å². The van der Waals surface area contributed by atoms with Crippen LogP contribution < -0.4 is 0 Å². The number of carbonyl (C=O) groups excluding carboxylic acids is 2. The van der Waals surface area contributed by atoms with Crippen LogP contribution in [0.3, 0.4) is 0 Å². The molecule has 86 valence electrons. The zero-order valence-electron chi connectivity index (χ0n) is 9.72. The Labute approximate surface area is 100 Å². The van der Waals surface area contributed by atoms with Gasteiger partial charge < -0.3 is 0 Å². The van der Waals surface area contributed by atoms with Crippen LogP contribution in [0.1, 0.15) is 24.8 Å². The first-order valence-electron chi connectivity index (χ1n) is 6.00. The van der Waals surface area contributed by atoms with Crippen LogP contribution in [0.2, 0.25) is 0 Å². The molecule has 3 aliphatic rings. The van der Waals surface area contributed by atoms with Gasteiger partial charge in [0.05, 0.1) is 5.92 Å². The fourth-order valence-electron chi connectivity index (χ4n) is 3.15. The molecule has 0 aromatic heterocycles. The first-order chi connectivity index (χ1) is 8.18. The van der Waals surface area contributed by atoms with Crippen molar-refractivity contribution in [2.24, 2.45) is 11.8 Å². The van der Waals surface area contributed by atoms with Crippen molar-refractivity contribution in [1.29, 1.82) is 0 Å². The minimum absolute atomic E-state index is 0.183. The highest BCUT2D eigenvalue weighted by Gasteiger charge is 2.47. The molecule has 0 radical (unpaired) electrons. The molecular formula is C15H14O2. The second kappa shape index (κ2) is 3.66. The zero-order chi connectivity index (χ0) is 12.0. The SMILES string of the molecule is CC1=CC2CC(c3ccccc3)C1C(=O)C2=O. The van der Waals surface area contributed by atoms with Crippen molar-refractivity contribution in [3.8, 4) is 0 Å². The van der Waals surface area contributed by atoms with E-state index in [1.54, 1.807) is 0 Å². The van der Waals surface area contributed by atoms with Crippen molar-refractivity contribution in [1.82, 2.24) is 0 Å². The summed E-state index contributed by atoms with van der Waals surface area (Å²) < 4.78 is 0. The maximum Gasteiger partial charge on any atom is 0.206 e. The third-order valence-corrected chi connectivity index (χ3v) is 3.95. The van der Waals surface area contributed by atoms with E-state index in [2.05, 4.69) is 12.1 Å². The lowest BCUT2D eigenvalue weighted by Gasteiger charge is -2.39. The van der Waals surface area contributed by atoms with Crippen molar-refractivity contribution in [2.45, 2.75) is 19.3 Å². The van der Waals surface area contributed by atoms with Crippen LogP contribution in [0, 0.1) is 11.8 Å². The Hall–Kier alpha value is -1.70. The number of fused-ring (bicyclic) bond motifs is 2. The fraction of sp³-hybridized carbons (Fsp3) is 0.333. The van der Waals surface area contributed by atoms with Crippen molar-refractivity contribution in [3.05, 3.63) is 47.5 Å². The third-order valence-electron chi connectivity index (χ3n) is 3.95. The Morgan fingerprint density at radius 1 is 1.06 bits per heavy atom. The van der Waals surface area contributed by atoms with E-state index in [0.29, 0.717) is 0 Å². The number of allylic oxidation sites excluding steroid dienone is 2. The van der Waals surface area contributed by atoms with Gasteiger partial charge in [0.25, 0.3) is 0 Å². The summed E-state index contributed by atoms with van der Waals surface area (Å²) in [6.45, 7) is 1.97. The van der Waals surface area contributed by atoms with Crippen LogP contribution in [0.15, 0.2) is 42.0 Å². The monoisotopic (exact) mass is 226 g/mol. The van der Waals surface area contributed by atoms with Gasteiger partial charge in [-0.3, -0.25) is 9.59 Å². The normalized spacial score (nSPS) is 31.6. The van der Waals surface area contributed by atoms with Crippen LogP contribution in [-0.2, 0) is 9.59 Å². The Morgan fingerprint density at radius 3 is 2.41 bits per heavy atom. The molecule has 17 heavy (non-hydrogen) atoms. The van der Waals surface area contributed by atoms with Crippen LogP contribution in [0.5, 0.6) is 0 Å². The Kier molecular flexibility index (Phi) is 2.25. The van der Waals surface area contributed by atoms with Crippen molar-refractivity contribution >= 4 is 11.6 Å². The summed E-state index contributed by atoms with van der Waals surface area (Å²) in [6, 6.07) is 10.1. The predicted octanol–water partition coefficient (Wildman–Crippen LogP) is 2.50. The summed E-state index contributed by atoms with van der Waals surface area (Å²) in [6.07, 6.45) is 2.77. The lowest BCUT2D eigenvalue weighted by molar-refractivity contribution is -0.143. The molecule has 2 nitrogen and oxygen atoms in total. The van der Waals surface area contributed by atoms with E-state index < -0.39 is 0 Å². The Bertz CT molecular complexity index is 513. The summed E-state index contributed by atoms with van der Waals surface area (Å²) in [5, 5.41) is 0. The van der Waals surface area contributed by atoms with E-state index in [-0.39, 0.29) is 29.3 Å². The quantitative estimate of drug-likeness (QED) is 0.544. The van der Waals surface area contributed by atoms with E-state index in [9.17, 15) is 9.59 Å². The largest absolute Gasteiger partial charge is 0.290 e. The molecule has 0 spiro atoms.